The van der Waals surface area contributed by atoms with Crippen molar-refractivity contribution in [3.05, 3.63) is 0 Å². The van der Waals surface area contributed by atoms with E-state index in [9.17, 15) is 5.11 Å². The van der Waals surface area contributed by atoms with Crippen molar-refractivity contribution in [3.63, 3.8) is 0 Å². The molecular formula is C9H16O. The quantitative estimate of drug-likeness (QED) is 0.544. The Balaban J connectivity index is 2.10. The summed E-state index contributed by atoms with van der Waals surface area (Å²) < 4.78 is 0. The van der Waals surface area contributed by atoms with Crippen LogP contribution in [-0.2, 0) is 0 Å². The third-order valence-corrected chi connectivity index (χ3v) is 3.44. The third-order valence-electron chi connectivity index (χ3n) is 3.44. The zero-order chi connectivity index (χ0) is 7.14. The first kappa shape index (κ1) is 6.66. The number of hydrogen-bond donors (Lipinski definition) is 1. The van der Waals surface area contributed by atoms with Crippen LogP contribution in [0.15, 0.2) is 0 Å². The van der Waals surface area contributed by atoms with E-state index >= 15 is 0 Å². The maximum Gasteiger partial charge on any atom is 0.0573 e. The van der Waals surface area contributed by atoms with E-state index in [-0.39, 0.29) is 6.10 Å². The molecule has 2 bridgehead atoms. The van der Waals surface area contributed by atoms with Gasteiger partial charge in [-0.2, -0.15) is 0 Å². The van der Waals surface area contributed by atoms with Gasteiger partial charge in [-0.3, -0.25) is 0 Å². The van der Waals surface area contributed by atoms with Crippen molar-refractivity contribution in [3.8, 4) is 0 Å². The van der Waals surface area contributed by atoms with Gasteiger partial charge < -0.3 is 5.11 Å². The molecule has 0 radical (unpaired) electrons. The van der Waals surface area contributed by atoms with Gasteiger partial charge in [-0.25, -0.2) is 0 Å². The molecule has 0 aromatic rings. The SMILES string of the molecule is CC1CCC2CC(O)C1C2. The van der Waals surface area contributed by atoms with Gasteiger partial charge in [0, 0.05) is 0 Å². The van der Waals surface area contributed by atoms with Crippen LogP contribution in [0, 0.1) is 17.8 Å². The molecular weight excluding hydrogens is 124 g/mol. The van der Waals surface area contributed by atoms with Crippen LogP contribution in [0.1, 0.15) is 32.6 Å². The van der Waals surface area contributed by atoms with Crippen molar-refractivity contribution in [2.75, 3.05) is 0 Å². The van der Waals surface area contributed by atoms with E-state index < -0.39 is 0 Å². The van der Waals surface area contributed by atoms with Crippen LogP contribution >= 0.6 is 0 Å². The highest BCUT2D eigenvalue weighted by Crippen LogP contribution is 2.44. The molecule has 4 atom stereocenters. The molecule has 2 aliphatic rings. The fraction of sp³-hybridized carbons (Fsp3) is 1.00. The molecule has 2 rings (SSSR count). The molecule has 10 heavy (non-hydrogen) atoms. The van der Waals surface area contributed by atoms with Crippen molar-refractivity contribution >= 4 is 0 Å². The lowest BCUT2D eigenvalue weighted by Crippen LogP contribution is -2.21. The van der Waals surface area contributed by atoms with E-state index in [0.29, 0.717) is 5.92 Å². The summed E-state index contributed by atoms with van der Waals surface area (Å²) in [5, 5.41) is 9.57. The van der Waals surface area contributed by atoms with Crippen molar-refractivity contribution < 1.29 is 5.11 Å². The van der Waals surface area contributed by atoms with E-state index in [4.69, 9.17) is 0 Å². The Morgan fingerprint density at radius 3 is 2.70 bits per heavy atom. The third kappa shape index (κ3) is 0.878. The predicted octanol–water partition coefficient (Wildman–Crippen LogP) is 1.80. The van der Waals surface area contributed by atoms with Gasteiger partial charge in [-0.05, 0) is 30.6 Å². The fourth-order valence-electron chi connectivity index (χ4n) is 2.71. The van der Waals surface area contributed by atoms with Crippen LogP contribution in [0.4, 0.5) is 0 Å². The van der Waals surface area contributed by atoms with Gasteiger partial charge in [0.05, 0.1) is 6.10 Å². The molecule has 2 saturated carbocycles. The van der Waals surface area contributed by atoms with E-state index in [0.717, 1.165) is 18.3 Å². The Hall–Kier alpha value is -0.0400. The van der Waals surface area contributed by atoms with Gasteiger partial charge in [0.2, 0.25) is 0 Å². The van der Waals surface area contributed by atoms with Crippen LogP contribution in [0.25, 0.3) is 0 Å². The maximum absolute atomic E-state index is 9.57. The lowest BCUT2D eigenvalue weighted by atomic mass is 9.81. The monoisotopic (exact) mass is 140 g/mol. The molecule has 2 fully saturated rings. The van der Waals surface area contributed by atoms with Crippen molar-refractivity contribution in [2.24, 2.45) is 17.8 Å². The van der Waals surface area contributed by atoms with Crippen molar-refractivity contribution in [2.45, 2.75) is 38.7 Å². The highest BCUT2D eigenvalue weighted by molar-refractivity contribution is 4.90. The number of aliphatic hydroxyl groups excluding tert-OH is 1. The van der Waals surface area contributed by atoms with Gasteiger partial charge in [0.25, 0.3) is 0 Å². The molecule has 0 amide bonds. The Labute approximate surface area is 62.4 Å². The molecule has 1 heteroatoms. The lowest BCUT2D eigenvalue weighted by Gasteiger charge is -2.26. The molecule has 0 aliphatic heterocycles. The first-order chi connectivity index (χ1) is 4.77. The number of rotatable bonds is 0. The Kier molecular flexibility index (Phi) is 1.48. The van der Waals surface area contributed by atoms with Gasteiger partial charge >= 0.3 is 0 Å². The second-order valence-electron chi connectivity index (χ2n) is 4.12. The molecule has 2 aliphatic carbocycles. The highest BCUT2D eigenvalue weighted by Gasteiger charge is 2.39. The van der Waals surface area contributed by atoms with E-state index in [1.54, 1.807) is 0 Å². The zero-order valence-corrected chi connectivity index (χ0v) is 6.59. The summed E-state index contributed by atoms with van der Waals surface area (Å²) in [6.45, 7) is 2.29. The van der Waals surface area contributed by atoms with Gasteiger partial charge in [-0.1, -0.05) is 19.8 Å². The average Bonchev–Trinajstić information content (AvgIpc) is 2.21. The standard InChI is InChI=1S/C9H16O/c1-6-2-3-7-4-8(6)9(10)5-7/h6-10H,2-5H2,1H3. The molecule has 0 aromatic carbocycles. The number of fused-ring (bicyclic) bond motifs is 2. The van der Waals surface area contributed by atoms with Crippen LogP contribution in [0.2, 0.25) is 0 Å². The van der Waals surface area contributed by atoms with Gasteiger partial charge in [0.15, 0.2) is 0 Å². The zero-order valence-electron chi connectivity index (χ0n) is 6.59. The van der Waals surface area contributed by atoms with E-state index in [1.165, 1.54) is 19.3 Å². The minimum absolute atomic E-state index is 0.0440. The molecule has 1 N–H and O–H groups in total. The molecule has 0 spiro atoms. The summed E-state index contributed by atoms with van der Waals surface area (Å²) in [6, 6.07) is 0. The largest absolute Gasteiger partial charge is 0.393 e. The van der Waals surface area contributed by atoms with Gasteiger partial charge in [-0.15, -0.1) is 0 Å². The fourth-order valence-corrected chi connectivity index (χ4v) is 2.71. The van der Waals surface area contributed by atoms with E-state index in [2.05, 4.69) is 6.92 Å². The molecule has 1 nitrogen and oxygen atoms in total. The summed E-state index contributed by atoms with van der Waals surface area (Å²) in [5.74, 6) is 2.31. The second kappa shape index (κ2) is 2.23. The second-order valence-corrected chi connectivity index (χ2v) is 4.12. The number of hydrogen-bond acceptors (Lipinski definition) is 1. The molecule has 0 saturated heterocycles. The minimum Gasteiger partial charge on any atom is -0.393 e. The summed E-state index contributed by atoms with van der Waals surface area (Å²) in [4.78, 5) is 0. The molecule has 0 aromatic heterocycles. The van der Waals surface area contributed by atoms with Crippen LogP contribution in [0.3, 0.4) is 0 Å². The smallest absolute Gasteiger partial charge is 0.0573 e. The molecule has 4 unspecified atom stereocenters. The summed E-state index contributed by atoms with van der Waals surface area (Å²) >= 11 is 0. The van der Waals surface area contributed by atoms with Crippen molar-refractivity contribution in [1.82, 2.24) is 0 Å². The van der Waals surface area contributed by atoms with Crippen molar-refractivity contribution in [1.29, 1.82) is 0 Å². The van der Waals surface area contributed by atoms with Crippen LogP contribution in [-0.4, -0.2) is 11.2 Å². The lowest BCUT2D eigenvalue weighted by molar-refractivity contribution is 0.102. The Bertz CT molecular complexity index is 129. The maximum atomic E-state index is 9.57. The van der Waals surface area contributed by atoms with E-state index in [1.807, 2.05) is 0 Å². The minimum atomic E-state index is 0.0440. The molecule has 58 valence electrons. The van der Waals surface area contributed by atoms with Gasteiger partial charge in [0.1, 0.15) is 0 Å². The Morgan fingerprint density at radius 1 is 1.20 bits per heavy atom. The first-order valence-corrected chi connectivity index (χ1v) is 4.45. The topological polar surface area (TPSA) is 20.2 Å². The van der Waals surface area contributed by atoms with Crippen LogP contribution in [0.5, 0.6) is 0 Å². The number of aliphatic hydroxyl groups is 1. The summed E-state index contributed by atoms with van der Waals surface area (Å²) in [7, 11) is 0. The first-order valence-electron chi connectivity index (χ1n) is 4.45. The average molecular weight is 140 g/mol. The highest BCUT2D eigenvalue weighted by atomic mass is 16.3. The summed E-state index contributed by atoms with van der Waals surface area (Å²) in [6.07, 6.45) is 5.17. The van der Waals surface area contributed by atoms with Crippen LogP contribution < -0.4 is 0 Å². The predicted molar refractivity (Wildman–Crippen MR) is 40.6 cm³/mol. The normalized spacial score (nSPS) is 53.4. The Morgan fingerprint density at radius 2 is 2.00 bits per heavy atom. The summed E-state index contributed by atoms with van der Waals surface area (Å²) in [5.41, 5.74) is 0. The molecule has 0 heterocycles.